The number of carbonyl (C=O) groups is 1. The minimum atomic E-state index is -1.02. The third-order valence-corrected chi connectivity index (χ3v) is 2.80. The number of carboxylic acid groups (broad SMARTS) is 1. The molecule has 0 fully saturated rings. The molecule has 1 N–H and O–H groups in total. The minimum Gasteiger partial charge on any atom is -0.494 e. The van der Waals surface area contributed by atoms with Crippen LogP contribution in [0.4, 0.5) is 0 Å². The molecule has 0 saturated carbocycles. The lowest BCUT2D eigenvalue weighted by Gasteiger charge is -2.09. The summed E-state index contributed by atoms with van der Waals surface area (Å²) in [4.78, 5) is 14.7. The fourth-order valence-electron chi connectivity index (χ4n) is 1.93. The maximum atomic E-state index is 10.9. The average Bonchev–Trinajstić information content (AvgIpc) is 2.39. The van der Waals surface area contributed by atoms with Crippen molar-refractivity contribution in [1.82, 2.24) is 4.98 Å². The van der Waals surface area contributed by atoms with Gasteiger partial charge >= 0.3 is 5.97 Å². The van der Waals surface area contributed by atoms with Crippen LogP contribution in [0.15, 0.2) is 36.5 Å². The fraction of sp³-hybridized carbons (Fsp3) is 0.200. The number of aryl methyl sites for hydroxylation is 1. The van der Waals surface area contributed by atoms with Gasteiger partial charge in [-0.05, 0) is 54.8 Å². The smallest absolute Gasteiger partial charge is 0.354 e. The third kappa shape index (κ3) is 2.91. The van der Waals surface area contributed by atoms with Gasteiger partial charge in [-0.1, -0.05) is 6.07 Å². The highest BCUT2D eigenvalue weighted by atomic mass is 16.5. The van der Waals surface area contributed by atoms with Gasteiger partial charge in [0.05, 0.1) is 6.61 Å². The molecule has 1 aromatic heterocycles. The monoisotopic (exact) mass is 257 g/mol. The molecule has 0 bridgehead atoms. The lowest BCUT2D eigenvalue weighted by Crippen LogP contribution is -2.00. The largest absolute Gasteiger partial charge is 0.494 e. The number of aromatic nitrogens is 1. The first-order valence-electron chi connectivity index (χ1n) is 6.05. The van der Waals surface area contributed by atoms with Crippen LogP contribution in [-0.4, -0.2) is 22.7 Å². The molecule has 4 heteroatoms. The van der Waals surface area contributed by atoms with Gasteiger partial charge < -0.3 is 9.84 Å². The van der Waals surface area contributed by atoms with Gasteiger partial charge in [0.25, 0.3) is 0 Å². The molecule has 0 aliphatic carbocycles. The van der Waals surface area contributed by atoms with E-state index in [1.54, 1.807) is 12.1 Å². The van der Waals surface area contributed by atoms with E-state index < -0.39 is 5.97 Å². The van der Waals surface area contributed by atoms with Gasteiger partial charge in [0.2, 0.25) is 0 Å². The SMILES string of the molecule is CCOc1ccc(-c2ccnc(C(=O)O)c2)c(C)c1. The van der Waals surface area contributed by atoms with Crippen LogP contribution in [0.5, 0.6) is 5.75 Å². The van der Waals surface area contributed by atoms with Gasteiger partial charge in [-0.15, -0.1) is 0 Å². The summed E-state index contributed by atoms with van der Waals surface area (Å²) >= 11 is 0. The highest BCUT2D eigenvalue weighted by Gasteiger charge is 2.08. The molecule has 19 heavy (non-hydrogen) atoms. The van der Waals surface area contributed by atoms with E-state index >= 15 is 0 Å². The maximum Gasteiger partial charge on any atom is 0.354 e. The predicted molar refractivity (Wildman–Crippen MR) is 72.5 cm³/mol. The van der Waals surface area contributed by atoms with E-state index in [9.17, 15) is 4.79 Å². The molecule has 2 aromatic rings. The van der Waals surface area contributed by atoms with Crippen molar-refractivity contribution in [2.24, 2.45) is 0 Å². The van der Waals surface area contributed by atoms with E-state index in [-0.39, 0.29) is 5.69 Å². The second-order valence-corrected chi connectivity index (χ2v) is 4.14. The Labute approximate surface area is 111 Å². The number of pyridine rings is 1. The van der Waals surface area contributed by atoms with Crippen molar-refractivity contribution in [3.63, 3.8) is 0 Å². The summed E-state index contributed by atoms with van der Waals surface area (Å²) in [5.41, 5.74) is 2.90. The van der Waals surface area contributed by atoms with Crippen molar-refractivity contribution < 1.29 is 14.6 Å². The van der Waals surface area contributed by atoms with Crippen LogP contribution in [-0.2, 0) is 0 Å². The van der Waals surface area contributed by atoms with Gasteiger partial charge in [-0.25, -0.2) is 9.78 Å². The van der Waals surface area contributed by atoms with Crippen LogP contribution in [0.25, 0.3) is 11.1 Å². The van der Waals surface area contributed by atoms with Crippen molar-refractivity contribution in [2.75, 3.05) is 6.61 Å². The van der Waals surface area contributed by atoms with Gasteiger partial charge in [-0.3, -0.25) is 0 Å². The topological polar surface area (TPSA) is 59.4 Å². The van der Waals surface area contributed by atoms with Crippen LogP contribution in [0.2, 0.25) is 0 Å². The molecule has 0 aliphatic heterocycles. The number of rotatable bonds is 4. The first-order valence-corrected chi connectivity index (χ1v) is 6.05. The highest BCUT2D eigenvalue weighted by Crippen LogP contribution is 2.27. The van der Waals surface area contributed by atoms with Crippen LogP contribution in [0.3, 0.4) is 0 Å². The second-order valence-electron chi connectivity index (χ2n) is 4.14. The first-order chi connectivity index (χ1) is 9.11. The molecule has 0 amide bonds. The predicted octanol–water partition coefficient (Wildman–Crippen LogP) is 3.15. The van der Waals surface area contributed by atoms with Crippen LogP contribution < -0.4 is 4.74 Å². The Hall–Kier alpha value is -2.36. The summed E-state index contributed by atoms with van der Waals surface area (Å²) in [5, 5.41) is 8.96. The number of ether oxygens (including phenoxy) is 1. The summed E-state index contributed by atoms with van der Waals surface area (Å²) in [5.74, 6) is -0.207. The van der Waals surface area contributed by atoms with Crippen molar-refractivity contribution in [3.8, 4) is 16.9 Å². The van der Waals surface area contributed by atoms with Crippen LogP contribution >= 0.6 is 0 Å². The summed E-state index contributed by atoms with van der Waals surface area (Å²) in [7, 11) is 0. The van der Waals surface area contributed by atoms with E-state index in [0.29, 0.717) is 6.61 Å². The zero-order chi connectivity index (χ0) is 13.8. The first kappa shape index (κ1) is 13.1. The van der Waals surface area contributed by atoms with Crippen LogP contribution in [0, 0.1) is 6.92 Å². The Morgan fingerprint density at radius 1 is 1.32 bits per heavy atom. The number of hydrogen-bond donors (Lipinski definition) is 1. The highest BCUT2D eigenvalue weighted by molar-refractivity contribution is 5.87. The molecule has 0 spiro atoms. The molecular weight excluding hydrogens is 242 g/mol. The molecular formula is C15H15NO3. The number of hydrogen-bond acceptors (Lipinski definition) is 3. The summed E-state index contributed by atoms with van der Waals surface area (Å²) < 4.78 is 5.43. The Kier molecular flexibility index (Phi) is 3.80. The van der Waals surface area contributed by atoms with E-state index in [4.69, 9.17) is 9.84 Å². The molecule has 1 heterocycles. The van der Waals surface area contributed by atoms with Crippen molar-refractivity contribution >= 4 is 5.97 Å². The summed E-state index contributed by atoms with van der Waals surface area (Å²) in [6.07, 6.45) is 1.51. The van der Waals surface area contributed by atoms with E-state index in [2.05, 4.69) is 4.98 Å². The molecule has 1 aromatic carbocycles. The zero-order valence-electron chi connectivity index (χ0n) is 10.9. The molecule has 0 atom stereocenters. The Bertz CT molecular complexity index is 608. The van der Waals surface area contributed by atoms with Gasteiger partial charge in [-0.2, -0.15) is 0 Å². The van der Waals surface area contributed by atoms with Crippen molar-refractivity contribution in [1.29, 1.82) is 0 Å². The average molecular weight is 257 g/mol. The quantitative estimate of drug-likeness (QED) is 0.914. The molecule has 98 valence electrons. The Morgan fingerprint density at radius 2 is 2.11 bits per heavy atom. The van der Waals surface area contributed by atoms with Crippen molar-refractivity contribution in [3.05, 3.63) is 47.8 Å². The normalized spacial score (nSPS) is 10.2. The van der Waals surface area contributed by atoms with E-state index in [1.165, 1.54) is 6.20 Å². The minimum absolute atomic E-state index is 0.0470. The lowest BCUT2D eigenvalue weighted by atomic mass is 10.0. The number of nitrogens with zero attached hydrogens (tertiary/aromatic N) is 1. The van der Waals surface area contributed by atoms with Gasteiger partial charge in [0, 0.05) is 6.20 Å². The van der Waals surface area contributed by atoms with Crippen LogP contribution in [0.1, 0.15) is 23.0 Å². The fourth-order valence-corrected chi connectivity index (χ4v) is 1.93. The Balaban J connectivity index is 2.41. The Morgan fingerprint density at radius 3 is 2.74 bits per heavy atom. The molecule has 2 rings (SSSR count). The van der Waals surface area contributed by atoms with E-state index in [0.717, 1.165) is 22.4 Å². The standard InChI is InChI=1S/C15H15NO3/c1-3-19-12-4-5-13(10(2)8-12)11-6-7-16-14(9-11)15(17)18/h4-9H,3H2,1-2H3,(H,17,18). The third-order valence-electron chi connectivity index (χ3n) is 2.80. The van der Waals surface area contributed by atoms with Crippen molar-refractivity contribution in [2.45, 2.75) is 13.8 Å². The van der Waals surface area contributed by atoms with Gasteiger partial charge in [0.15, 0.2) is 0 Å². The molecule has 0 saturated heterocycles. The molecule has 0 aliphatic rings. The zero-order valence-corrected chi connectivity index (χ0v) is 10.9. The molecule has 0 unspecified atom stereocenters. The molecule has 0 radical (unpaired) electrons. The second kappa shape index (κ2) is 5.52. The lowest BCUT2D eigenvalue weighted by molar-refractivity contribution is 0.0690. The van der Waals surface area contributed by atoms with Gasteiger partial charge in [0.1, 0.15) is 11.4 Å². The number of aromatic carboxylic acids is 1. The number of carboxylic acids is 1. The molecule has 4 nitrogen and oxygen atoms in total. The van der Waals surface area contributed by atoms with E-state index in [1.807, 2.05) is 32.0 Å². The number of benzene rings is 1. The maximum absolute atomic E-state index is 10.9. The summed E-state index contributed by atoms with van der Waals surface area (Å²) in [6, 6.07) is 9.13. The summed E-state index contributed by atoms with van der Waals surface area (Å²) in [6.45, 7) is 4.53.